The third-order valence-electron chi connectivity index (χ3n) is 3.33. The molecule has 0 aliphatic heterocycles. The molecule has 4 heteroatoms. The highest BCUT2D eigenvalue weighted by Gasteiger charge is 2.39. The first-order chi connectivity index (χ1) is 8.19. The molecule has 2 aromatic rings. The van der Waals surface area contributed by atoms with Gasteiger partial charge in [-0.15, -0.1) is 0 Å². The Bertz CT molecular complexity index is 546. The van der Waals surface area contributed by atoms with E-state index in [2.05, 4.69) is 4.98 Å². The van der Waals surface area contributed by atoms with Crippen LogP contribution in [-0.2, 0) is 5.54 Å². The van der Waals surface area contributed by atoms with E-state index in [1.807, 2.05) is 24.3 Å². The number of oxazole rings is 1. The summed E-state index contributed by atoms with van der Waals surface area (Å²) in [5.41, 5.74) is 7.44. The zero-order chi connectivity index (χ0) is 11.9. The van der Waals surface area contributed by atoms with Gasteiger partial charge >= 0.3 is 0 Å². The highest BCUT2D eigenvalue weighted by Crippen LogP contribution is 2.39. The second kappa shape index (κ2) is 3.86. The largest absolute Gasteiger partial charge is 0.446 e. The monoisotopic (exact) mass is 248 g/mol. The van der Waals surface area contributed by atoms with Crippen molar-refractivity contribution < 1.29 is 4.42 Å². The number of benzene rings is 1. The van der Waals surface area contributed by atoms with Gasteiger partial charge in [0, 0.05) is 5.56 Å². The fourth-order valence-corrected chi connectivity index (χ4v) is 2.30. The first-order valence-electron chi connectivity index (χ1n) is 5.69. The van der Waals surface area contributed by atoms with Crippen LogP contribution >= 0.6 is 11.6 Å². The van der Waals surface area contributed by atoms with Gasteiger partial charge in [-0.05, 0) is 25.3 Å². The highest BCUT2D eigenvalue weighted by atomic mass is 35.5. The standard InChI is InChI=1S/C13H13ClN2O/c14-10-5-2-1-4-9(10)11-8-17-12(16-11)13(15)6-3-7-13/h1-2,4-5,8H,3,6-7,15H2. The molecule has 1 saturated carbocycles. The van der Waals surface area contributed by atoms with E-state index < -0.39 is 0 Å². The first-order valence-corrected chi connectivity index (χ1v) is 6.07. The van der Waals surface area contributed by atoms with E-state index in [4.69, 9.17) is 21.8 Å². The van der Waals surface area contributed by atoms with Gasteiger partial charge in [0.2, 0.25) is 5.89 Å². The van der Waals surface area contributed by atoms with Gasteiger partial charge in [-0.3, -0.25) is 0 Å². The number of nitrogens with two attached hydrogens (primary N) is 1. The van der Waals surface area contributed by atoms with Crippen molar-refractivity contribution in [3.63, 3.8) is 0 Å². The smallest absolute Gasteiger partial charge is 0.214 e. The average Bonchev–Trinajstić information content (AvgIpc) is 2.76. The van der Waals surface area contributed by atoms with Gasteiger partial charge in [0.15, 0.2) is 0 Å². The average molecular weight is 249 g/mol. The van der Waals surface area contributed by atoms with Crippen LogP contribution in [0.3, 0.4) is 0 Å². The van der Waals surface area contributed by atoms with Gasteiger partial charge in [-0.25, -0.2) is 4.98 Å². The van der Waals surface area contributed by atoms with Crippen LogP contribution in [0.1, 0.15) is 25.2 Å². The maximum Gasteiger partial charge on any atom is 0.214 e. The molecule has 1 heterocycles. The predicted molar refractivity (Wildman–Crippen MR) is 66.7 cm³/mol. The number of hydrogen-bond donors (Lipinski definition) is 1. The van der Waals surface area contributed by atoms with Crippen molar-refractivity contribution in [2.75, 3.05) is 0 Å². The molecule has 0 radical (unpaired) electrons. The molecule has 0 bridgehead atoms. The van der Waals surface area contributed by atoms with Crippen LogP contribution < -0.4 is 5.73 Å². The topological polar surface area (TPSA) is 52.0 Å². The van der Waals surface area contributed by atoms with Crippen LogP contribution in [0.15, 0.2) is 34.9 Å². The Labute approximate surface area is 105 Å². The van der Waals surface area contributed by atoms with Crippen molar-refractivity contribution in [1.29, 1.82) is 0 Å². The third-order valence-corrected chi connectivity index (χ3v) is 3.66. The van der Waals surface area contributed by atoms with Crippen LogP contribution in [0.2, 0.25) is 5.02 Å². The fraction of sp³-hybridized carbons (Fsp3) is 0.308. The lowest BCUT2D eigenvalue weighted by molar-refractivity contribution is 0.199. The lowest BCUT2D eigenvalue weighted by Gasteiger charge is -2.34. The van der Waals surface area contributed by atoms with Gasteiger partial charge in [0.1, 0.15) is 12.0 Å². The van der Waals surface area contributed by atoms with Crippen molar-refractivity contribution in [3.05, 3.63) is 41.4 Å². The Morgan fingerprint density at radius 2 is 2.06 bits per heavy atom. The summed E-state index contributed by atoms with van der Waals surface area (Å²) in [4.78, 5) is 4.46. The molecule has 0 saturated heterocycles. The molecule has 2 N–H and O–H groups in total. The minimum absolute atomic E-state index is 0.362. The minimum Gasteiger partial charge on any atom is -0.446 e. The SMILES string of the molecule is NC1(c2nc(-c3ccccc3Cl)co2)CCC1. The van der Waals surface area contributed by atoms with E-state index in [0.29, 0.717) is 10.9 Å². The van der Waals surface area contributed by atoms with Gasteiger partial charge in [-0.2, -0.15) is 0 Å². The molecule has 0 unspecified atom stereocenters. The fourth-order valence-electron chi connectivity index (χ4n) is 2.07. The van der Waals surface area contributed by atoms with Crippen molar-refractivity contribution in [1.82, 2.24) is 4.98 Å². The molecule has 1 aromatic heterocycles. The van der Waals surface area contributed by atoms with Crippen LogP contribution in [0.4, 0.5) is 0 Å². The lowest BCUT2D eigenvalue weighted by atomic mass is 9.78. The van der Waals surface area contributed by atoms with Crippen molar-refractivity contribution in [2.45, 2.75) is 24.8 Å². The summed E-state index contributed by atoms with van der Waals surface area (Å²) in [5.74, 6) is 0.624. The van der Waals surface area contributed by atoms with E-state index >= 15 is 0 Å². The summed E-state index contributed by atoms with van der Waals surface area (Å²) in [6, 6.07) is 7.58. The summed E-state index contributed by atoms with van der Waals surface area (Å²) in [5, 5.41) is 0.673. The second-order valence-electron chi connectivity index (χ2n) is 4.53. The molecule has 88 valence electrons. The molecule has 0 atom stereocenters. The van der Waals surface area contributed by atoms with E-state index in [1.165, 1.54) is 0 Å². The Kier molecular flexibility index (Phi) is 2.45. The Hall–Kier alpha value is -1.32. The van der Waals surface area contributed by atoms with Gasteiger partial charge in [0.05, 0.1) is 10.6 Å². The van der Waals surface area contributed by atoms with Gasteiger partial charge in [0.25, 0.3) is 0 Å². The third kappa shape index (κ3) is 1.75. The van der Waals surface area contributed by atoms with Crippen molar-refractivity contribution in [3.8, 4) is 11.3 Å². The summed E-state index contributed by atoms with van der Waals surface area (Å²) in [6.45, 7) is 0. The molecule has 17 heavy (non-hydrogen) atoms. The summed E-state index contributed by atoms with van der Waals surface area (Å²) >= 11 is 6.12. The molecule has 1 aliphatic carbocycles. The quantitative estimate of drug-likeness (QED) is 0.887. The zero-order valence-corrected chi connectivity index (χ0v) is 10.1. The molecule has 3 nitrogen and oxygen atoms in total. The minimum atomic E-state index is -0.362. The molecule has 1 aliphatic rings. The van der Waals surface area contributed by atoms with Crippen molar-refractivity contribution in [2.24, 2.45) is 5.73 Å². The Balaban J connectivity index is 1.98. The molecule has 1 aromatic carbocycles. The summed E-state index contributed by atoms with van der Waals surface area (Å²) in [7, 11) is 0. The van der Waals surface area contributed by atoms with E-state index in [1.54, 1.807) is 6.26 Å². The normalized spacial score (nSPS) is 17.8. The van der Waals surface area contributed by atoms with E-state index in [9.17, 15) is 0 Å². The molecule has 1 fully saturated rings. The Morgan fingerprint density at radius 1 is 1.29 bits per heavy atom. The molecule has 0 spiro atoms. The van der Waals surface area contributed by atoms with Crippen LogP contribution in [-0.4, -0.2) is 4.98 Å². The van der Waals surface area contributed by atoms with Crippen LogP contribution in [0.25, 0.3) is 11.3 Å². The number of nitrogens with zero attached hydrogens (tertiary/aromatic N) is 1. The predicted octanol–water partition coefficient (Wildman–Crippen LogP) is 3.33. The molecule has 0 amide bonds. The molecular formula is C13H13ClN2O. The van der Waals surface area contributed by atoms with Gasteiger partial charge in [-0.1, -0.05) is 29.8 Å². The maximum absolute atomic E-state index is 6.16. The first kappa shape index (κ1) is 10.8. The lowest BCUT2D eigenvalue weighted by Crippen LogP contribution is -2.43. The van der Waals surface area contributed by atoms with E-state index in [-0.39, 0.29) is 5.54 Å². The van der Waals surface area contributed by atoms with Gasteiger partial charge < -0.3 is 10.2 Å². The zero-order valence-electron chi connectivity index (χ0n) is 9.32. The maximum atomic E-state index is 6.16. The molecular weight excluding hydrogens is 236 g/mol. The number of hydrogen-bond acceptors (Lipinski definition) is 3. The summed E-state index contributed by atoms with van der Waals surface area (Å²) in [6.07, 6.45) is 4.65. The second-order valence-corrected chi connectivity index (χ2v) is 4.93. The van der Waals surface area contributed by atoms with Crippen LogP contribution in [0, 0.1) is 0 Å². The number of aromatic nitrogens is 1. The Morgan fingerprint density at radius 3 is 2.71 bits per heavy atom. The summed E-state index contributed by atoms with van der Waals surface area (Å²) < 4.78 is 5.49. The number of rotatable bonds is 2. The highest BCUT2D eigenvalue weighted by molar-refractivity contribution is 6.33. The molecule has 3 rings (SSSR count). The van der Waals surface area contributed by atoms with Crippen LogP contribution in [0.5, 0.6) is 0 Å². The number of halogens is 1. The van der Waals surface area contributed by atoms with Crippen molar-refractivity contribution >= 4 is 11.6 Å². The van der Waals surface area contributed by atoms with E-state index in [0.717, 1.165) is 30.5 Å².